The highest BCUT2D eigenvalue weighted by atomic mass is 32.2. The van der Waals surface area contributed by atoms with Crippen LogP contribution in [0.15, 0.2) is 59.6 Å². The molecule has 0 saturated carbocycles. The molecule has 7 unspecified atom stereocenters. The van der Waals surface area contributed by atoms with Crippen LogP contribution < -0.4 is 70.4 Å². The number of aliphatic carboxylic acids is 1. The lowest BCUT2D eigenvalue weighted by atomic mass is 10.0. The van der Waals surface area contributed by atoms with E-state index in [1.807, 2.05) is 0 Å². The molecule has 0 radical (unpaired) electrons. The molecule has 4 rings (SSSR count). The SMILES string of the molecule is CNC(=O)CCCC(=O)NC(Cc1ccc(O)cc1)C(=O)NCCCCCC(=O)NC(CSC1CC(=O)N(CCC(=O)NCCCCC2NC(=O)C(Cc3ccccc3)NC(=O)C(CC(=O)O)NC(=O)CNC(=O)C(CCCN=C(N)N)NC2=O)C1=O)C(N)=O. The van der Waals surface area contributed by atoms with Crippen molar-refractivity contribution in [2.24, 2.45) is 22.2 Å². The molecule has 2 fully saturated rings. The summed E-state index contributed by atoms with van der Waals surface area (Å²) in [5.41, 5.74) is 17.7. The molecule has 13 amide bonds. The smallest absolute Gasteiger partial charge is 0.305 e. The summed E-state index contributed by atoms with van der Waals surface area (Å²) in [4.78, 5) is 187. The van der Waals surface area contributed by atoms with E-state index < -0.39 is 131 Å². The Labute approximate surface area is 523 Å². The number of unbranched alkanes of at least 4 members (excludes halogenated alkanes) is 3. The molecule has 2 aromatic rings. The highest BCUT2D eigenvalue weighted by Gasteiger charge is 2.40. The number of nitrogens with two attached hydrogens (primary N) is 3. The lowest BCUT2D eigenvalue weighted by Crippen LogP contribution is -2.58. The lowest BCUT2D eigenvalue weighted by Gasteiger charge is -2.26. The van der Waals surface area contributed by atoms with Crippen LogP contribution in [-0.4, -0.2) is 191 Å². The summed E-state index contributed by atoms with van der Waals surface area (Å²) in [6.07, 6.45) is 0.915. The van der Waals surface area contributed by atoms with Gasteiger partial charge in [-0.2, -0.15) is 0 Å². The van der Waals surface area contributed by atoms with E-state index in [1.165, 1.54) is 19.2 Å². The minimum atomic E-state index is -1.67. The third kappa shape index (κ3) is 27.4. The number of rotatable bonds is 35. The summed E-state index contributed by atoms with van der Waals surface area (Å²) in [5.74, 6) is -10.3. The van der Waals surface area contributed by atoms with Crippen LogP contribution in [0.1, 0.15) is 107 Å². The summed E-state index contributed by atoms with van der Waals surface area (Å²) >= 11 is 0.949. The maximum Gasteiger partial charge on any atom is 0.305 e. The van der Waals surface area contributed by atoms with Crippen molar-refractivity contribution in [1.29, 1.82) is 0 Å². The van der Waals surface area contributed by atoms with E-state index in [-0.39, 0.29) is 133 Å². The Hall–Kier alpha value is -9.36. The van der Waals surface area contributed by atoms with E-state index in [0.29, 0.717) is 30.4 Å². The van der Waals surface area contributed by atoms with Gasteiger partial charge in [-0.15, -0.1) is 11.8 Å². The number of phenolic OH excluding ortho intramolecular Hbond substituents is 1. The van der Waals surface area contributed by atoms with Gasteiger partial charge in [-0.3, -0.25) is 77.0 Å². The average Bonchev–Trinajstić information content (AvgIpc) is 2.79. The van der Waals surface area contributed by atoms with Gasteiger partial charge in [0.2, 0.25) is 76.8 Å². The highest BCUT2D eigenvalue weighted by molar-refractivity contribution is 8.00. The maximum atomic E-state index is 14.1. The Morgan fingerprint density at radius 1 is 0.644 bits per heavy atom. The van der Waals surface area contributed by atoms with Crippen LogP contribution in [0.5, 0.6) is 5.75 Å². The van der Waals surface area contributed by atoms with Gasteiger partial charge in [-0.25, -0.2) is 0 Å². The molecule has 2 aromatic carbocycles. The molecule has 2 heterocycles. The molecule has 0 aromatic heterocycles. The van der Waals surface area contributed by atoms with Crippen molar-refractivity contribution >= 4 is 100 Å². The van der Waals surface area contributed by atoms with Crippen molar-refractivity contribution in [2.75, 3.05) is 45.5 Å². The van der Waals surface area contributed by atoms with Crippen LogP contribution in [0.4, 0.5) is 0 Å². The van der Waals surface area contributed by atoms with E-state index in [2.05, 4.69) is 58.2 Å². The molecule has 90 heavy (non-hydrogen) atoms. The molecule has 0 aliphatic carbocycles. The Kier molecular flexibility index (Phi) is 31.5. The number of aromatic hydroxyl groups is 1. The first-order valence-corrected chi connectivity index (χ1v) is 30.6. The lowest BCUT2D eigenvalue weighted by molar-refractivity contribution is -0.141. The third-order valence-electron chi connectivity index (χ3n) is 14.2. The zero-order valence-corrected chi connectivity index (χ0v) is 51.0. The fourth-order valence-corrected chi connectivity index (χ4v) is 10.5. The van der Waals surface area contributed by atoms with Gasteiger partial charge >= 0.3 is 5.97 Å². The second kappa shape index (κ2) is 38.8. The van der Waals surface area contributed by atoms with Gasteiger partial charge < -0.3 is 80.6 Å². The van der Waals surface area contributed by atoms with Crippen molar-refractivity contribution in [3.05, 3.63) is 65.7 Å². The number of thioether (sulfide) groups is 1. The number of nitrogens with zero attached hydrogens (tertiary/aromatic N) is 2. The summed E-state index contributed by atoms with van der Waals surface area (Å²) in [7, 11) is 1.49. The van der Waals surface area contributed by atoms with Crippen LogP contribution >= 0.6 is 11.8 Å². The molecule has 32 heteroatoms. The first-order chi connectivity index (χ1) is 42.9. The number of carboxylic acid groups (broad SMARTS) is 1. The topological polar surface area (TPSA) is 493 Å². The summed E-state index contributed by atoms with van der Waals surface area (Å²) in [6.45, 7) is -0.647. The Morgan fingerprint density at radius 3 is 1.91 bits per heavy atom. The van der Waals surface area contributed by atoms with Gasteiger partial charge in [-0.05, 0) is 74.6 Å². The molecular formula is C58H83N15O16S. The molecule has 2 aliphatic heterocycles. The number of nitrogens with one attached hydrogen (secondary N) is 10. The number of amides is 13. The minimum Gasteiger partial charge on any atom is -0.508 e. The van der Waals surface area contributed by atoms with Crippen molar-refractivity contribution in [3.63, 3.8) is 0 Å². The van der Waals surface area contributed by atoms with Crippen molar-refractivity contribution in [3.8, 4) is 5.75 Å². The van der Waals surface area contributed by atoms with Gasteiger partial charge in [0.15, 0.2) is 5.96 Å². The number of imide groups is 1. The Balaban J connectivity index is 1.25. The molecular weight excluding hydrogens is 1190 g/mol. The quantitative estimate of drug-likeness (QED) is 0.0137. The van der Waals surface area contributed by atoms with Gasteiger partial charge in [0.05, 0.1) is 18.2 Å². The van der Waals surface area contributed by atoms with Crippen molar-refractivity contribution in [1.82, 2.24) is 58.1 Å². The standard InChI is InChI=1S/C58H83N15O16S/c1-62-44(75)17-10-18-47(78)67-39(29-35-19-21-36(74)22-20-35)53(85)64-25-8-3-6-16-46(77)69-42(51(59)83)33-90-43-31-49(80)73(57(43)89)27-23-45(76)63-24-9-7-14-38-54(86)70-37(15-11-26-65-58(60)61)52(84)66-32-48(79)68-41(30-50(81)82)56(88)72-40(55(87)71-38)28-34-12-4-2-5-13-34/h2,4-5,12-13,19-22,37-43,74H,3,6-11,14-18,23-33H2,1H3,(H2,59,83)(H,62,75)(H,63,76)(H,64,85)(H,66,84)(H,67,78)(H,68,79)(H,69,77)(H,70,86)(H,71,87)(H,72,88)(H,81,82)(H4,60,61,65). The number of primary amides is 1. The monoisotopic (exact) mass is 1280 g/mol. The van der Waals surface area contributed by atoms with E-state index >= 15 is 0 Å². The van der Waals surface area contributed by atoms with E-state index in [4.69, 9.17) is 17.2 Å². The zero-order valence-electron chi connectivity index (χ0n) is 50.1. The van der Waals surface area contributed by atoms with E-state index in [9.17, 15) is 77.3 Å². The molecule has 0 bridgehead atoms. The van der Waals surface area contributed by atoms with Gasteiger partial charge in [-0.1, -0.05) is 48.9 Å². The zero-order chi connectivity index (χ0) is 66.1. The Morgan fingerprint density at radius 2 is 1.24 bits per heavy atom. The first kappa shape index (κ1) is 73.1. The number of guanidine groups is 1. The number of benzene rings is 2. The van der Waals surface area contributed by atoms with Crippen molar-refractivity contribution in [2.45, 2.75) is 151 Å². The fraction of sp³-hybridized carbons (Fsp3) is 0.534. The molecule has 31 nitrogen and oxygen atoms in total. The molecule has 0 spiro atoms. The van der Waals surface area contributed by atoms with Crippen LogP contribution in [0.3, 0.4) is 0 Å². The van der Waals surface area contributed by atoms with Crippen molar-refractivity contribution < 1.29 is 77.3 Å². The highest BCUT2D eigenvalue weighted by Crippen LogP contribution is 2.26. The Bertz CT molecular complexity index is 2880. The molecule has 2 aliphatic rings. The molecule has 18 N–H and O–H groups in total. The number of phenols is 1. The summed E-state index contributed by atoms with van der Waals surface area (Å²) in [5, 5.41) is 44.0. The number of carbonyl (C=O) groups is 14. The number of hydrogen-bond acceptors (Lipinski definition) is 17. The van der Waals surface area contributed by atoms with Gasteiger partial charge in [0, 0.05) is 83.9 Å². The number of carboxylic acids is 1. The maximum absolute atomic E-state index is 14.1. The fourth-order valence-electron chi connectivity index (χ4n) is 9.33. The van der Waals surface area contributed by atoms with Gasteiger partial charge in [0.1, 0.15) is 42.0 Å². The molecule has 2 saturated heterocycles. The van der Waals surface area contributed by atoms with Crippen LogP contribution in [0.2, 0.25) is 0 Å². The minimum absolute atomic E-state index is 0.00130. The number of hydrogen-bond donors (Lipinski definition) is 15. The van der Waals surface area contributed by atoms with Gasteiger partial charge in [0.25, 0.3) is 0 Å². The summed E-state index contributed by atoms with van der Waals surface area (Å²) < 4.78 is 0. The summed E-state index contributed by atoms with van der Waals surface area (Å²) in [6, 6.07) is 6.81. The van der Waals surface area contributed by atoms with Crippen LogP contribution in [-0.2, 0) is 80.0 Å². The predicted molar refractivity (Wildman–Crippen MR) is 326 cm³/mol. The number of likely N-dealkylation sites (tertiary alicyclic amines) is 1. The second-order valence-electron chi connectivity index (χ2n) is 21.4. The van der Waals surface area contributed by atoms with E-state index in [0.717, 1.165) is 16.7 Å². The number of carbonyl (C=O) groups excluding carboxylic acids is 13. The average molecular weight is 1280 g/mol. The molecule has 492 valence electrons. The normalized spacial score (nSPS) is 18.7. The number of aliphatic imine (C=N–C) groups is 1. The third-order valence-corrected chi connectivity index (χ3v) is 15.5. The van der Waals surface area contributed by atoms with Crippen LogP contribution in [0, 0.1) is 0 Å². The van der Waals surface area contributed by atoms with E-state index in [1.54, 1.807) is 42.5 Å². The molecule has 7 atom stereocenters. The first-order valence-electron chi connectivity index (χ1n) is 29.6. The largest absolute Gasteiger partial charge is 0.508 e. The van der Waals surface area contributed by atoms with Crippen LogP contribution in [0.25, 0.3) is 0 Å². The predicted octanol–water partition coefficient (Wildman–Crippen LogP) is -3.64. The second-order valence-corrected chi connectivity index (χ2v) is 22.6.